The van der Waals surface area contributed by atoms with E-state index in [1.165, 1.54) is 18.1 Å². The highest BCUT2D eigenvalue weighted by atomic mass is 19.1. The summed E-state index contributed by atoms with van der Waals surface area (Å²) in [4.78, 5) is 36.5. The second kappa shape index (κ2) is 10.5. The third-order valence-electron chi connectivity index (χ3n) is 8.04. The van der Waals surface area contributed by atoms with E-state index >= 15 is 0 Å². The Balaban J connectivity index is 1.55. The summed E-state index contributed by atoms with van der Waals surface area (Å²) < 4.78 is 25.0. The second-order valence-electron chi connectivity index (χ2n) is 10.4. The van der Waals surface area contributed by atoms with Crippen LogP contribution < -0.4 is 4.74 Å². The number of aromatic hydroxyl groups is 1. The van der Waals surface area contributed by atoms with Crippen molar-refractivity contribution in [3.63, 3.8) is 0 Å². The fourth-order valence-corrected chi connectivity index (χ4v) is 6.01. The summed E-state index contributed by atoms with van der Waals surface area (Å²) in [5.41, 5.74) is 1.58. The Labute approximate surface area is 227 Å². The van der Waals surface area contributed by atoms with E-state index in [1.54, 1.807) is 43.2 Å². The zero-order valence-electron chi connectivity index (χ0n) is 22.8. The molecule has 3 heterocycles. The molecule has 0 spiro atoms. The molecule has 3 aromatic rings. The number of amides is 3. The Morgan fingerprint density at radius 2 is 2.00 bits per heavy atom. The third kappa shape index (κ3) is 4.51. The average Bonchev–Trinajstić information content (AvgIpc) is 3.35. The first-order valence-electron chi connectivity index (χ1n) is 13.3. The summed E-state index contributed by atoms with van der Waals surface area (Å²) in [7, 11) is 3.08. The van der Waals surface area contributed by atoms with Crippen molar-refractivity contribution in [1.29, 1.82) is 0 Å². The van der Waals surface area contributed by atoms with Crippen LogP contribution in [0.4, 0.5) is 9.18 Å². The molecule has 3 amide bonds. The molecule has 39 heavy (non-hydrogen) atoms. The SMILES string of the molecule is CCN(CCCN1C(=O)N2[C@H](c3cccc(O)c3)c3[nH]c4cc(F)c(OC)cc4c3C[C@@]2(C)C1=O)CCOC. The van der Waals surface area contributed by atoms with Crippen molar-refractivity contribution in [3.05, 3.63) is 59.0 Å². The zero-order chi connectivity index (χ0) is 27.9. The first-order valence-corrected chi connectivity index (χ1v) is 13.3. The van der Waals surface area contributed by atoms with Crippen molar-refractivity contribution in [2.24, 2.45) is 0 Å². The number of hydrogen-bond acceptors (Lipinski definition) is 6. The first kappa shape index (κ1) is 27.0. The molecule has 1 aromatic heterocycles. The number of nitrogens with zero attached hydrogens (tertiary/aromatic N) is 3. The number of urea groups is 1. The van der Waals surface area contributed by atoms with Gasteiger partial charge in [0.2, 0.25) is 0 Å². The van der Waals surface area contributed by atoms with Gasteiger partial charge in [-0.25, -0.2) is 9.18 Å². The fraction of sp³-hybridized carbons (Fsp3) is 0.448. The lowest BCUT2D eigenvalue weighted by molar-refractivity contribution is -0.133. The largest absolute Gasteiger partial charge is 0.508 e. The molecule has 2 aliphatic rings. The highest BCUT2D eigenvalue weighted by Gasteiger charge is 2.60. The van der Waals surface area contributed by atoms with Crippen molar-refractivity contribution >= 4 is 22.8 Å². The quantitative estimate of drug-likeness (QED) is 0.378. The van der Waals surface area contributed by atoms with Crippen LogP contribution in [0.15, 0.2) is 36.4 Å². The van der Waals surface area contributed by atoms with E-state index in [-0.39, 0.29) is 29.9 Å². The van der Waals surface area contributed by atoms with Gasteiger partial charge in [0, 0.05) is 49.3 Å². The summed E-state index contributed by atoms with van der Waals surface area (Å²) in [6.07, 6.45) is 0.906. The molecule has 2 aliphatic heterocycles. The maximum Gasteiger partial charge on any atom is 0.328 e. The number of rotatable bonds is 10. The normalized spacial score (nSPS) is 20.7. The number of imide groups is 1. The molecule has 10 heteroatoms. The number of phenolic OH excluding ortho intramolecular Hbond substituents is 1. The molecule has 1 saturated heterocycles. The molecule has 0 radical (unpaired) electrons. The number of H-pyrrole nitrogens is 1. The van der Waals surface area contributed by atoms with Crippen LogP contribution in [0.2, 0.25) is 0 Å². The minimum atomic E-state index is -1.16. The monoisotopic (exact) mass is 538 g/mol. The lowest BCUT2D eigenvalue weighted by atomic mass is 9.81. The van der Waals surface area contributed by atoms with Crippen LogP contribution in [-0.2, 0) is 16.0 Å². The van der Waals surface area contributed by atoms with Gasteiger partial charge in [-0.15, -0.1) is 0 Å². The topological polar surface area (TPSA) is 98.3 Å². The number of likely N-dealkylation sites (N-methyl/N-ethyl adjacent to an activating group) is 1. The molecular formula is C29H35FN4O5. The summed E-state index contributed by atoms with van der Waals surface area (Å²) in [5, 5.41) is 11.0. The number of hydrogen-bond donors (Lipinski definition) is 2. The number of fused-ring (bicyclic) bond motifs is 4. The molecular weight excluding hydrogens is 503 g/mol. The standard InChI is InChI=1S/C29H35FN4O5/c1-5-32(12-13-38-3)10-7-11-33-27(36)29(2)17-21-20-15-24(39-4)22(30)16-23(20)31-25(21)26(34(29)28(33)37)18-8-6-9-19(35)14-18/h6,8-9,14-16,26,31,35H,5,7,10-13,17H2,1-4H3/t26-,29+/m1/s1. The number of benzene rings is 2. The Bertz CT molecular complexity index is 1410. The van der Waals surface area contributed by atoms with Crippen LogP contribution >= 0.6 is 0 Å². The number of ether oxygens (including phenoxy) is 2. The molecule has 2 aromatic carbocycles. The highest BCUT2D eigenvalue weighted by Crippen LogP contribution is 2.49. The first-order chi connectivity index (χ1) is 18.7. The minimum Gasteiger partial charge on any atom is -0.508 e. The molecule has 208 valence electrons. The van der Waals surface area contributed by atoms with Crippen molar-refractivity contribution in [3.8, 4) is 11.5 Å². The van der Waals surface area contributed by atoms with Gasteiger partial charge in [-0.3, -0.25) is 14.6 Å². The number of aromatic nitrogens is 1. The Morgan fingerprint density at radius 3 is 2.69 bits per heavy atom. The maximum absolute atomic E-state index is 14.6. The number of carbonyl (C=O) groups excluding carboxylic acids is 2. The molecule has 0 aliphatic carbocycles. The van der Waals surface area contributed by atoms with E-state index in [0.29, 0.717) is 36.3 Å². The number of halogens is 1. The van der Waals surface area contributed by atoms with Gasteiger partial charge in [0.15, 0.2) is 11.6 Å². The van der Waals surface area contributed by atoms with Crippen LogP contribution in [0.5, 0.6) is 11.5 Å². The van der Waals surface area contributed by atoms with Gasteiger partial charge in [-0.1, -0.05) is 19.1 Å². The Kier molecular flexibility index (Phi) is 7.26. The van der Waals surface area contributed by atoms with E-state index in [9.17, 15) is 19.1 Å². The summed E-state index contributed by atoms with van der Waals surface area (Å²) in [5.74, 6) is -0.605. The molecule has 0 unspecified atom stereocenters. The number of carbonyl (C=O) groups is 2. The fourth-order valence-electron chi connectivity index (χ4n) is 6.01. The van der Waals surface area contributed by atoms with Gasteiger partial charge in [0.25, 0.3) is 5.91 Å². The molecule has 0 saturated carbocycles. The van der Waals surface area contributed by atoms with Gasteiger partial charge >= 0.3 is 6.03 Å². The van der Waals surface area contributed by atoms with Crippen molar-refractivity contribution in [1.82, 2.24) is 19.7 Å². The lowest BCUT2D eigenvalue weighted by Crippen LogP contribution is -2.53. The Hall–Kier alpha value is -3.63. The van der Waals surface area contributed by atoms with Crippen LogP contribution in [0.1, 0.15) is 43.1 Å². The molecule has 2 atom stereocenters. The minimum absolute atomic E-state index is 0.0516. The Morgan fingerprint density at radius 1 is 1.21 bits per heavy atom. The van der Waals surface area contributed by atoms with Crippen LogP contribution in [-0.4, -0.2) is 89.3 Å². The van der Waals surface area contributed by atoms with E-state index in [2.05, 4.69) is 16.8 Å². The van der Waals surface area contributed by atoms with Crippen LogP contribution in [0.3, 0.4) is 0 Å². The number of phenols is 1. The summed E-state index contributed by atoms with van der Waals surface area (Å²) in [6, 6.07) is 8.65. The molecule has 2 N–H and O–H groups in total. The van der Waals surface area contributed by atoms with Gasteiger partial charge in [-0.05, 0) is 55.8 Å². The smallest absolute Gasteiger partial charge is 0.328 e. The summed E-state index contributed by atoms with van der Waals surface area (Å²) in [6.45, 7) is 7.15. The number of nitrogens with one attached hydrogen (secondary N) is 1. The molecule has 9 nitrogen and oxygen atoms in total. The van der Waals surface area contributed by atoms with Crippen LogP contribution in [0.25, 0.3) is 10.9 Å². The number of methoxy groups -OCH3 is 2. The van der Waals surface area contributed by atoms with Gasteiger partial charge in [0.05, 0.1) is 13.7 Å². The van der Waals surface area contributed by atoms with E-state index < -0.39 is 17.4 Å². The van der Waals surface area contributed by atoms with Crippen LogP contribution in [0, 0.1) is 5.82 Å². The van der Waals surface area contributed by atoms with Crippen molar-refractivity contribution < 1.29 is 28.6 Å². The predicted molar refractivity (Wildman–Crippen MR) is 144 cm³/mol. The average molecular weight is 539 g/mol. The summed E-state index contributed by atoms with van der Waals surface area (Å²) >= 11 is 0. The van der Waals surface area contributed by atoms with E-state index in [0.717, 1.165) is 30.6 Å². The van der Waals surface area contributed by atoms with Gasteiger partial charge < -0.3 is 24.5 Å². The third-order valence-corrected chi connectivity index (χ3v) is 8.04. The second-order valence-corrected chi connectivity index (χ2v) is 10.4. The predicted octanol–water partition coefficient (Wildman–Crippen LogP) is 4.05. The maximum atomic E-state index is 14.6. The van der Waals surface area contributed by atoms with Gasteiger partial charge in [-0.2, -0.15) is 0 Å². The molecule has 5 rings (SSSR count). The van der Waals surface area contributed by atoms with Crippen molar-refractivity contribution in [2.75, 3.05) is 47.0 Å². The van der Waals surface area contributed by atoms with E-state index in [1.807, 2.05) is 6.07 Å². The molecule has 0 bridgehead atoms. The van der Waals surface area contributed by atoms with E-state index in [4.69, 9.17) is 9.47 Å². The van der Waals surface area contributed by atoms with Crippen molar-refractivity contribution in [2.45, 2.75) is 38.3 Å². The lowest BCUT2D eigenvalue weighted by Gasteiger charge is -2.42. The van der Waals surface area contributed by atoms with Gasteiger partial charge in [0.1, 0.15) is 17.3 Å². The molecule has 1 fully saturated rings. The highest BCUT2D eigenvalue weighted by molar-refractivity contribution is 6.08. The number of aromatic amines is 1. The zero-order valence-corrected chi connectivity index (χ0v) is 22.8.